The zero-order valence-electron chi connectivity index (χ0n) is 23.8. The molecule has 1 aliphatic heterocycles. The number of carbonyl (C=O) groups is 2. The van der Waals surface area contributed by atoms with E-state index in [-0.39, 0.29) is 28.1 Å². The average Bonchev–Trinajstić information content (AvgIpc) is 3.61. The van der Waals surface area contributed by atoms with Crippen LogP contribution in [0.5, 0.6) is 0 Å². The number of hydrogen-bond acceptors (Lipinski definition) is 6. The lowest BCUT2D eigenvalue weighted by molar-refractivity contribution is -0.271. The Kier molecular flexibility index (Phi) is 11.1. The van der Waals surface area contributed by atoms with Crippen molar-refractivity contribution in [3.63, 3.8) is 0 Å². The van der Waals surface area contributed by atoms with Crippen molar-refractivity contribution in [2.45, 2.75) is 133 Å². The summed E-state index contributed by atoms with van der Waals surface area (Å²) in [6, 6.07) is 0. The molecule has 200 valence electrons. The molecule has 3 atom stereocenters. The topological polar surface area (TPSA) is 77.7 Å². The number of rotatable bonds is 14. The van der Waals surface area contributed by atoms with Gasteiger partial charge in [-0.25, -0.2) is 19.4 Å². The summed E-state index contributed by atoms with van der Waals surface area (Å²) in [6.45, 7) is 23.4. The molecule has 1 saturated heterocycles. The number of hydrogen-bond donors (Lipinski definition) is 0. The molecule has 0 N–H and O–H groups in total. The van der Waals surface area contributed by atoms with Crippen molar-refractivity contribution >= 4 is 11.9 Å². The monoisotopic (exact) mass is 484 g/mol. The Hall–Kier alpha value is -1.14. The van der Waals surface area contributed by atoms with E-state index in [0.717, 1.165) is 44.9 Å². The highest BCUT2D eigenvalue weighted by Crippen LogP contribution is 2.48. The van der Waals surface area contributed by atoms with Crippen LogP contribution in [0, 0.1) is 34.0 Å². The van der Waals surface area contributed by atoms with Gasteiger partial charge in [-0.1, -0.05) is 108 Å². The van der Waals surface area contributed by atoms with E-state index in [1.807, 2.05) is 27.7 Å². The highest BCUT2D eigenvalue weighted by Gasteiger charge is 2.65. The molecule has 3 unspecified atom stereocenters. The van der Waals surface area contributed by atoms with Gasteiger partial charge < -0.3 is 0 Å². The first kappa shape index (κ1) is 30.9. The molecule has 1 aliphatic rings. The van der Waals surface area contributed by atoms with E-state index in [4.69, 9.17) is 19.6 Å². The molecule has 1 rings (SSSR count). The molecule has 1 heterocycles. The molecule has 0 aromatic carbocycles. The largest absolute Gasteiger partial charge is 0.420 e. The molecule has 34 heavy (non-hydrogen) atoms. The van der Waals surface area contributed by atoms with Gasteiger partial charge in [0.2, 0.25) is 0 Å². The van der Waals surface area contributed by atoms with Crippen molar-refractivity contribution in [3.05, 3.63) is 0 Å². The Balaban J connectivity index is 2.98. The van der Waals surface area contributed by atoms with Crippen molar-refractivity contribution in [2.24, 2.45) is 34.0 Å². The van der Waals surface area contributed by atoms with Crippen molar-refractivity contribution in [1.82, 2.24) is 0 Å². The first-order chi connectivity index (χ1) is 15.7. The second-order valence-corrected chi connectivity index (χ2v) is 12.2. The van der Waals surface area contributed by atoms with Crippen LogP contribution in [-0.2, 0) is 29.1 Å². The molecule has 0 spiro atoms. The minimum atomic E-state index is -1.48. The standard InChI is InChI=1S/C28H52O6/c1-12-20(18-26(10,14-3)15-4)22(25(7,8)9)23(29)31-32-24(30)28(33-34-28)21(13-2)19-27(11,16-5)17-6/h20-22H,12-19H2,1-11H3. The summed E-state index contributed by atoms with van der Waals surface area (Å²) in [7, 11) is 0. The third kappa shape index (κ3) is 7.43. The van der Waals surface area contributed by atoms with Gasteiger partial charge in [0, 0.05) is 5.92 Å². The van der Waals surface area contributed by atoms with Gasteiger partial charge in [0.05, 0.1) is 5.92 Å². The predicted octanol–water partition coefficient (Wildman–Crippen LogP) is 7.79. The Morgan fingerprint density at radius 2 is 1.21 bits per heavy atom. The molecule has 0 aliphatic carbocycles. The van der Waals surface area contributed by atoms with Crippen LogP contribution in [0.2, 0.25) is 0 Å². The predicted molar refractivity (Wildman–Crippen MR) is 134 cm³/mol. The summed E-state index contributed by atoms with van der Waals surface area (Å²) in [5.41, 5.74) is -0.121. The van der Waals surface area contributed by atoms with Crippen LogP contribution in [0.4, 0.5) is 0 Å². The third-order valence-corrected chi connectivity index (χ3v) is 8.87. The van der Waals surface area contributed by atoms with Crippen LogP contribution in [0.25, 0.3) is 0 Å². The molecule has 0 aromatic rings. The van der Waals surface area contributed by atoms with Crippen molar-refractivity contribution < 1.29 is 29.1 Å². The van der Waals surface area contributed by atoms with Gasteiger partial charge in [-0.15, -0.1) is 0 Å². The van der Waals surface area contributed by atoms with Gasteiger partial charge in [-0.05, 0) is 41.4 Å². The van der Waals surface area contributed by atoms with Gasteiger partial charge >= 0.3 is 17.7 Å². The lowest BCUT2D eigenvalue weighted by atomic mass is 9.65. The molecular weight excluding hydrogens is 432 g/mol. The summed E-state index contributed by atoms with van der Waals surface area (Å²) in [6.07, 6.45) is 7.28. The summed E-state index contributed by atoms with van der Waals surface area (Å²) in [4.78, 5) is 47.0. The highest BCUT2D eigenvalue weighted by atomic mass is 17.4. The summed E-state index contributed by atoms with van der Waals surface area (Å²) in [5, 5.41) is 0. The SMILES string of the molecule is CCC(CC(C)(CC)CC)C(C(=O)OOC(=O)C1(C(CC)CC(C)(CC)CC)OO1)C(C)(C)C. The zero-order chi connectivity index (χ0) is 26.4. The minimum absolute atomic E-state index is 0.0663. The number of carbonyl (C=O) groups excluding carboxylic acids is 2. The van der Waals surface area contributed by atoms with Crippen LogP contribution in [0.3, 0.4) is 0 Å². The average molecular weight is 485 g/mol. The molecular formula is C28H52O6. The second kappa shape index (κ2) is 12.2. The fourth-order valence-corrected chi connectivity index (χ4v) is 5.21. The highest BCUT2D eigenvalue weighted by molar-refractivity contribution is 5.81. The molecule has 0 aromatic heterocycles. The first-order valence-corrected chi connectivity index (χ1v) is 13.5. The van der Waals surface area contributed by atoms with Crippen LogP contribution in [-0.4, -0.2) is 17.7 Å². The van der Waals surface area contributed by atoms with Gasteiger partial charge in [-0.2, -0.15) is 9.78 Å². The quantitative estimate of drug-likeness (QED) is 0.142. The Morgan fingerprint density at radius 3 is 1.56 bits per heavy atom. The maximum absolute atomic E-state index is 13.3. The van der Waals surface area contributed by atoms with Crippen molar-refractivity contribution in [1.29, 1.82) is 0 Å². The van der Waals surface area contributed by atoms with E-state index in [0.29, 0.717) is 6.42 Å². The molecule has 6 heteroatoms. The summed E-state index contributed by atoms with van der Waals surface area (Å²) < 4.78 is 0. The van der Waals surface area contributed by atoms with Crippen LogP contribution in [0.1, 0.15) is 128 Å². The Morgan fingerprint density at radius 1 is 0.735 bits per heavy atom. The van der Waals surface area contributed by atoms with E-state index >= 15 is 0 Å². The van der Waals surface area contributed by atoms with E-state index in [9.17, 15) is 9.59 Å². The lowest BCUT2D eigenvalue weighted by Gasteiger charge is -2.39. The van der Waals surface area contributed by atoms with Crippen molar-refractivity contribution in [2.75, 3.05) is 0 Å². The van der Waals surface area contributed by atoms with Gasteiger partial charge in [-0.3, -0.25) is 0 Å². The van der Waals surface area contributed by atoms with Gasteiger partial charge in [0.1, 0.15) is 0 Å². The molecule has 0 radical (unpaired) electrons. The lowest BCUT2D eigenvalue weighted by Crippen LogP contribution is -2.41. The smallest absolute Gasteiger partial charge is 0.247 e. The minimum Gasteiger partial charge on any atom is -0.247 e. The van der Waals surface area contributed by atoms with E-state index in [2.05, 4.69) is 48.5 Å². The third-order valence-electron chi connectivity index (χ3n) is 8.87. The van der Waals surface area contributed by atoms with Crippen LogP contribution in [0.15, 0.2) is 0 Å². The normalized spacial score (nSPS) is 18.7. The van der Waals surface area contributed by atoms with Crippen LogP contribution >= 0.6 is 0 Å². The fourth-order valence-electron chi connectivity index (χ4n) is 5.21. The van der Waals surface area contributed by atoms with E-state index < -0.39 is 23.6 Å². The summed E-state index contributed by atoms with van der Waals surface area (Å²) in [5.74, 6) is -3.22. The van der Waals surface area contributed by atoms with Gasteiger partial charge in [0.25, 0.3) is 0 Å². The maximum atomic E-state index is 13.3. The van der Waals surface area contributed by atoms with Crippen molar-refractivity contribution in [3.8, 4) is 0 Å². The summed E-state index contributed by atoms with van der Waals surface area (Å²) >= 11 is 0. The van der Waals surface area contributed by atoms with E-state index in [1.165, 1.54) is 0 Å². The van der Waals surface area contributed by atoms with Gasteiger partial charge in [0.15, 0.2) is 0 Å². The molecule has 0 amide bonds. The Bertz CT molecular complexity index is 652. The zero-order valence-corrected chi connectivity index (χ0v) is 23.8. The molecule has 0 saturated carbocycles. The van der Waals surface area contributed by atoms with E-state index in [1.54, 1.807) is 0 Å². The van der Waals surface area contributed by atoms with Crippen LogP contribution < -0.4 is 0 Å². The fraction of sp³-hybridized carbons (Fsp3) is 0.929. The second-order valence-electron chi connectivity index (χ2n) is 12.2. The maximum Gasteiger partial charge on any atom is 0.420 e. The Labute approximate surface area is 208 Å². The first-order valence-electron chi connectivity index (χ1n) is 13.5. The molecule has 1 fully saturated rings. The molecule has 6 nitrogen and oxygen atoms in total. The molecule has 0 bridgehead atoms.